The van der Waals surface area contributed by atoms with E-state index < -0.39 is 0 Å². The molecule has 1 aromatic carbocycles. The molecule has 0 bridgehead atoms. The Morgan fingerprint density at radius 2 is 1.92 bits per heavy atom. The predicted molar refractivity (Wildman–Crippen MR) is 105 cm³/mol. The first-order chi connectivity index (χ1) is 12.8. The lowest BCUT2D eigenvalue weighted by molar-refractivity contribution is 0.418. The first kappa shape index (κ1) is 17.2. The van der Waals surface area contributed by atoms with Crippen LogP contribution in [-0.4, -0.2) is 45.4 Å². The zero-order chi connectivity index (χ0) is 17.8. The molecule has 26 heavy (non-hydrogen) atoms. The Labute approximate surface area is 157 Å². The fourth-order valence-electron chi connectivity index (χ4n) is 3.46. The minimum absolute atomic E-state index is 0.619. The Hall–Kier alpha value is -2.25. The largest absolute Gasteiger partial charge is 0.371 e. The van der Waals surface area contributed by atoms with Crippen molar-refractivity contribution in [3.63, 3.8) is 0 Å². The van der Waals surface area contributed by atoms with Gasteiger partial charge in [0.2, 0.25) is 0 Å². The monoisotopic (exact) mass is 368 g/mol. The van der Waals surface area contributed by atoms with E-state index in [2.05, 4.69) is 56.5 Å². The number of nitrogens with one attached hydrogen (secondary N) is 1. The maximum Gasteiger partial charge on any atom is 0.138 e. The summed E-state index contributed by atoms with van der Waals surface area (Å²) < 4.78 is 1.78. The van der Waals surface area contributed by atoms with E-state index in [0.717, 1.165) is 31.7 Å². The minimum atomic E-state index is 0.619. The van der Waals surface area contributed by atoms with Crippen molar-refractivity contribution >= 4 is 17.0 Å². The first-order valence-electron chi connectivity index (χ1n) is 9.12. The van der Waals surface area contributed by atoms with Crippen molar-refractivity contribution in [3.05, 3.63) is 53.0 Å². The molecule has 1 aliphatic heterocycles. The van der Waals surface area contributed by atoms with Gasteiger partial charge in [0.05, 0.1) is 16.9 Å². The topological polar surface area (TPSA) is 58.9 Å². The lowest BCUT2D eigenvalue weighted by Crippen LogP contribution is -2.43. The van der Waals surface area contributed by atoms with Gasteiger partial charge in [-0.1, -0.05) is 0 Å². The molecule has 0 aliphatic carbocycles. The summed E-state index contributed by atoms with van der Waals surface area (Å²) in [6, 6.07) is 9.18. The van der Waals surface area contributed by atoms with Gasteiger partial charge < -0.3 is 10.2 Å². The Balaban J connectivity index is 1.25. The number of aryl methyl sites for hydroxylation is 1. The Bertz CT molecular complexity index is 803. The van der Waals surface area contributed by atoms with Crippen LogP contribution in [0.1, 0.15) is 23.4 Å². The van der Waals surface area contributed by atoms with Crippen LogP contribution in [-0.2, 0) is 6.42 Å². The molecule has 7 heteroatoms. The summed E-state index contributed by atoms with van der Waals surface area (Å²) in [5, 5.41) is 7.89. The first-order valence-corrected chi connectivity index (χ1v) is 10.00. The van der Waals surface area contributed by atoms with Crippen molar-refractivity contribution in [3.8, 4) is 5.69 Å². The minimum Gasteiger partial charge on any atom is -0.371 e. The normalized spacial score (nSPS) is 15.5. The van der Waals surface area contributed by atoms with Crippen molar-refractivity contribution in [1.82, 2.24) is 25.1 Å². The molecule has 1 N–H and O–H groups in total. The third-order valence-corrected chi connectivity index (χ3v) is 6.02. The second kappa shape index (κ2) is 7.97. The molecular formula is C19H24N6S. The van der Waals surface area contributed by atoms with E-state index in [4.69, 9.17) is 0 Å². The molecule has 136 valence electrons. The molecule has 0 atom stereocenters. The molecule has 1 aliphatic rings. The summed E-state index contributed by atoms with van der Waals surface area (Å²) in [4.78, 5) is 12.2. The van der Waals surface area contributed by atoms with E-state index in [1.54, 1.807) is 28.7 Å². The van der Waals surface area contributed by atoms with Crippen molar-refractivity contribution in [1.29, 1.82) is 0 Å². The Morgan fingerprint density at radius 1 is 1.15 bits per heavy atom. The van der Waals surface area contributed by atoms with Crippen LogP contribution in [0.25, 0.3) is 5.69 Å². The molecule has 1 saturated heterocycles. The number of hydrogen-bond acceptors (Lipinski definition) is 6. The van der Waals surface area contributed by atoms with Crippen LogP contribution in [0.4, 0.5) is 5.69 Å². The summed E-state index contributed by atoms with van der Waals surface area (Å²) in [7, 11) is 0. The zero-order valence-electron chi connectivity index (χ0n) is 15.0. The van der Waals surface area contributed by atoms with Gasteiger partial charge in [-0.15, -0.1) is 11.3 Å². The van der Waals surface area contributed by atoms with Gasteiger partial charge in [0.25, 0.3) is 0 Å². The van der Waals surface area contributed by atoms with Crippen molar-refractivity contribution in [2.45, 2.75) is 32.2 Å². The second-order valence-electron chi connectivity index (χ2n) is 6.68. The summed E-state index contributed by atoms with van der Waals surface area (Å²) >= 11 is 1.76. The van der Waals surface area contributed by atoms with Gasteiger partial charge in [0.1, 0.15) is 12.7 Å². The Morgan fingerprint density at radius 3 is 2.58 bits per heavy atom. The van der Waals surface area contributed by atoms with Crippen LogP contribution in [0.2, 0.25) is 0 Å². The summed E-state index contributed by atoms with van der Waals surface area (Å²) in [6.07, 6.45) is 6.74. The van der Waals surface area contributed by atoms with E-state index >= 15 is 0 Å². The number of aromatic nitrogens is 4. The lowest BCUT2D eigenvalue weighted by atomic mass is 10.0. The SMILES string of the molecule is Cc1ncsc1CCNC1CCN(c2ccc(-n3cncn3)cc2)CC1. The van der Waals surface area contributed by atoms with Crippen LogP contribution in [0.3, 0.4) is 0 Å². The molecule has 2 aromatic heterocycles. The van der Waals surface area contributed by atoms with Crippen molar-refractivity contribution in [2.24, 2.45) is 0 Å². The maximum absolute atomic E-state index is 4.32. The lowest BCUT2D eigenvalue weighted by Gasteiger charge is -2.34. The molecule has 3 heterocycles. The van der Waals surface area contributed by atoms with Gasteiger partial charge in [-0.25, -0.2) is 14.6 Å². The number of anilines is 1. The molecule has 0 spiro atoms. The highest BCUT2D eigenvalue weighted by Crippen LogP contribution is 2.21. The molecule has 0 radical (unpaired) electrons. The second-order valence-corrected chi connectivity index (χ2v) is 7.62. The van der Waals surface area contributed by atoms with Crippen molar-refractivity contribution in [2.75, 3.05) is 24.5 Å². The number of nitrogens with zero attached hydrogens (tertiary/aromatic N) is 5. The van der Waals surface area contributed by atoms with Gasteiger partial charge >= 0.3 is 0 Å². The summed E-state index contributed by atoms with van der Waals surface area (Å²) in [5.41, 5.74) is 5.45. The van der Waals surface area contributed by atoms with Crippen LogP contribution in [0, 0.1) is 6.92 Å². The van der Waals surface area contributed by atoms with E-state index in [9.17, 15) is 0 Å². The molecule has 0 amide bonds. The molecule has 0 saturated carbocycles. The number of rotatable bonds is 6. The molecule has 4 rings (SSSR count). The van der Waals surface area contributed by atoms with Gasteiger partial charge in [0, 0.05) is 36.2 Å². The standard InChI is InChI=1S/C19H24N6S/c1-15-19(26-14-22-15)6-9-21-16-7-10-24(11-8-16)17-2-4-18(5-3-17)25-13-20-12-23-25/h2-5,12-14,16,21H,6-11H2,1H3. The van der Waals surface area contributed by atoms with Gasteiger partial charge in [-0.3, -0.25) is 0 Å². The number of hydrogen-bond donors (Lipinski definition) is 1. The highest BCUT2D eigenvalue weighted by atomic mass is 32.1. The number of thiazole rings is 1. The van der Waals surface area contributed by atoms with Crippen LogP contribution >= 0.6 is 11.3 Å². The number of piperidine rings is 1. The fourth-order valence-corrected chi connectivity index (χ4v) is 4.24. The summed E-state index contributed by atoms with van der Waals surface area (Å²) in [6.45, 7) is 5.33. The van der Waals surface area contributed by atoms with E-state index in [-0.39, 0.29) is 0 Å². The zero-order valence-corrected chi connectivity index (χ0v) is 15.8. The highest BCUT2D eigenvalue weighted by molar-refractivity contribution is 7.09. The molecule has 1 fully saturated rings. The van der Waals surface area contributed by atoms with Crippen molar-refractivity contribution < 1.29 is 0 Å². The van der Waals surface area contributed by atoms with Crippen LogP contribution in [0.5, 0.6) is 0 Å². The van der Waals surface area contributed by atoms with E-state index in [1.165, 1.54) is 29.1 Å². The molecular weight excluding hydrogens is 344 g/mol. The van der Waals surface area contributed by atoms with Crippen LogP contribution < -0.4 is 10.2 Å². The van der Waals surface area contributed by atoms with Gasteiger partial charge in [0.15, 0.2) is 0 Å². The smallest absolute Gasteiger partial charge is 0.138 e. The molecule has 3 aromatic rings. The third kappa shape index (κ3) is 3.94. The van der Waals surface area contributed by atoms with E-state index in [0.29, 0.717) is 6.04 Å². The fraction of sp³-hybridized carbons (Fsp3) is 0.421. The van der Waals surface area contributed by atoms with Gasteiger partial charge in [-0.05, 0) is 50.5 Å². The van der Waals surface area contributed by atoms with E-state index in [1.807, 2.05) is 5.51 Å². The Kier molecular flexibility index (Phi) is 5.26. The third-order valence-electron chi connectivity index (χ3n) is 5.02. The van der Waals surface area contributed by atoms with Crippen LogP contribution in [0.15, 0.2) is 42.4 Å². The molecule has 6 nitrogen and oxygen atoms in total. The quantitative estimate of drug-likeness (QED) is 0.725. The average Bonchev–Trinajstić information content (AvgIpc) is 3.35. The summed E-state index contributed by atoms with van der Waals surface area (Å²) in [5.74, 6) is 0. The highest BCUT2D eigenvalue weighted by Gasteiger charge is 2.19. The molecule has 0 unspecified atom stereocenters. The predicted octanol–water partition coefficient (Wildman–Crippen LogP) is 2.83. The van der Waals surface area contributed by atoms with Gasteiger partial charge in [-0.2, -0.15) is 5.10 Å². The average molecular weight is 369 g/mol. The maximum atomic E-state index is 4.32. The number of benzene rings is 1.